The molecule has 0 fully saturated rings. The SMILES string of the molecule is CCC(C)NC(=O)c1ccccc1Oc1ccccc1. The van der Waals surface area contributed by atoms with Gasteiger partial charge in [0.2, 0.25) is 0 Å². The summed E-state index contributed by atoms with van der Waals surface area (Å²) in [6, 6.07) is 16.9. The van der Waals surface area contributed by atoms with Gasteiger partial charge in [0, 0.05) is 6.04 Å². The van der Waals surface area contributed by atoms with Crippen molar-refractivity contribution in [3.8, 4) is 11.5 Å². The van der Waals surface area contributed by atoms with Gasteiger partial charge in [-0.2, -0.15) is 0 Å². The van der Waals surface area contributed by atoms with E-state index < -0.39 is 0 Å². The molecule has 3 heteroatoms. The van der Waals surface area contributed by atoms with Crippen LogP contribution in [-0.2, 0) is 0 Å². The highest BCUT2D eigenvalue weighted by Gasteiger charge is 2.14. The van der Waals surface area contributed by atoms with Crippen LogP contribution in [-0.4, -0.2) is 11.9 Å². The van der Waals surface area contributed by atoms with E-state index in [1.807, 2.05) is 56.3 Å². The molecular weight excluding hydrogens is 250 g/mol. The molecule has 0 aliphatic heterocycles. The Morgan fingerprint density at radius 3 is 2.45 bits per heavy atom. The van der Waals surface area contributed by atoms with Crippen LogP contribution in [0.1, 0.15) is 30.6 Å². The van der Waals surface area contributed by atoms with Gasteiger partial charge >= 0.3 is 0 Å². The second-order valence-electron chi connectivity index (χ2n) is 4.69. The third-order valence-corrected chi connectivity index (χ3v) is 3.09. The minimum Gasteiger partial charge on any atom is -0.457 e. The fourth-order valence-electron chi connectivity index (χ4n) is 1.76. The summed E-state index contributed by atoms with van der Waals surface area (Å²) >= 11 is 0. The Balaban J connectivity index is 2.20. The van der Waals surface area contributed by atoms with Crippen molar-refractivity contribution in [1.82, 2.24) is 5.32 Å². The van der Waals surface area contributed by atoms with Crippen molar-refractivity contribution in [3.05, 3.63) is 60.2 Å². The number of benzene rings is 2. The highest BCUT2D eigenvalue weighted by Crippen LogP contribution is 2.25. The summed E-state index contributed by atoms with van der Waals surface area (Å²) in [6.07, 6.45) is 0.896. The van der Waals surface area contributed by atoms with E-state index in [4.69, 9.17) is 4.74 Å². The number of para-hydroxylation sites is 2. The van der Waals surface area contributed by atoms with E-state index in [9.17, 15) is 4.79 Å². The van der Waals surface area contributed by atoms with Crippen LogP contribution in [0.4, 0.5) is 0 Å². The van der Waals surface area contributed by atoms with E-state index in [1.54, 1.807) is 12.1 Å². The minimum absolute atomic E-state index is 0.106. The van der Waals surface area contributed by atoms with Crippen LogP contribution in [0.5, 0.6) is 11.5 Å². The highest BCUT2D eigenvalue weighted by atomic mass is 16.5. The number of ether oxygens (including phenoxy) is 1. The third kappa shape index (κ3) is 3.60. The van der Waals surface area contributed by atoms with Crippen LogP contribution < -0.4 is 10.1 Å². The first-order valence-corrected chi connectivity index (χ1v) is 6.83. The molecule has 2 aromatic rings. The van der Waals surface area contributed by atoms with Crippen LogP contribution >= 0.6 is 0 Å². The van der Waals surface area contributed by atoms with Gasteiger partial charge in [-0.25, -0.2) is 0 Å². The molecule has 0 saturated heterocycles. The Bertz CT molecular complexity index is 566. The molecule has 0 aliphatic carbocycles. The lowest BCUT2D eigenvalue weighted by molar-refractivity contribution is 0.0937. The first-order chi connectivity index (χ1) is 9.70. The van der Waals surface area contributed by atoms with Gasteiger partial charge in [0.05, 0.1) is 5.56 Å². The maximum absolute atomic E-state index is 12.2. The second-order valence-corrected chi connectivity index (χ2v) is 4.69. The van der Waals surface area contributed by atoms with Crippen LogP contribution in [0.15, 0.2) is 54.6 Å². The van der Waals surface area contributed by atoms with Gasteiger partial charge in [-0.1, -0.05) is 37.3 Å². The van der Waals surface area contributed by atoms with Crippen LogP contribution in [0.25, 0.3) is 0 Å². The molecule has 0 aromatic heterocycles. The molecular formula is C17H19NO2. The zero-order valence-electron chi connectivity index (χ0n) is 11.8. The van der Waals surface area contributed by atoms with Crippen molar-refractivity contribution < 1.29 is 9.53 Å². The van der Waals surface area contributed by atoms with Crippen molar-refractivity contribution in [2.75, 3.05) is 0 Å². The quantitative estimate of drug-likeness (QED) is 0.890. The van der Waals surface area contributed by atoms with Gasteiger partial charge in [-0.3, -0.25) is 4.79 Å². The molecule has 0 heterocycles. The molecule has 1 N–H and O–H groups in total. The van der Waals surface area contributed by atoms with Gasteiger partial charge in [0.15, 0.2) is 0 Å². The number of amides is 1. The number of carbonyl (C=O) groups is 1. The molecule has 0 radical (unpaired) electrons. The zero-order valence-corrected chi connectivity index (χ0v) is 11.8. The van der Waals surface area contributed by atoms with E-state index in [-0.39, 0.29) is 11.9 Å². The van der Waals surface area contributed by atoms with Gasteiger partial charge in [-0.15, -0.1) is 0 Å². The summed E-state index contributed by atoms with van der Waals surface area (Å²) in [6.45, 7) is 4.02. The van der Waals surface area contributed by atoms with Crippen molar-refractivity contribution in [1.29, 1.82) is 0 Å². The molecule has 0 saturated carbocycles. The fraction of sp³-hybridized carbons (Fsp3) is 0.235. The third-order valence-electron chi connectivity index (χ3n) is 3.09. The Labute approximate surface area is 119 Å². The second kappa shape index (κ2) is 6.75. The summed E-state index contributed by atoms with van der Waals surface area (Å²) in [5, 5.41) is 2.95. The van der Waals surface area contributed by atoms with E-state index in [1.165, 1.54) is 0 Å². The molecule has 104 valence electrons. The Hall–Kier alpha value is -2.29. The maximum Gasteiger partial charge on any atom is 0.255 e. The largest absolute Gasteiger partial charge is 0.457 e. The molecule has 0 spiro atoms. The van der Waals surface area contributed by atoms with Gasteiger partial charge in [0.1, 0.15) is 11.5 Å². The summed E-state index contributed by atoms with van der Waals surface area (Å²) in [5.74, 6) is 1.18. The average Bonchev–Trinajstić information content (AvgIpc) is 2.48. The van der Waals surface area contributed by atoms with Gasteiger partial charge < -0.3 is 10.1 Å². The lowest BCUT2D eigenvalue weighted by atomic mass is 10.1. The predicted molar refractivity (Wildman–Crippen MR) is 80.2 cm³/mol. The van der Waals surface area contributed by atoms with Crippen molar-refractivity contribution in [2.24, 2.45) is 0 Å². The Morgan fingerprint density at radius 2 is 1.75 bits per heavy atom. The Kier molecular flexibility index (Phi) is 4.77. The molecule has 0 bridgehead atoms. The van der Waals surface area contributed by atoms with Crippen LogP contribution in [0.3, 0.4) is 0 Å². The van der Waals surface area contributed by atoms with Crippen molar-refractivity contribution >= 4 is 5.91 Å². The number of rotatable bonds is 5. The average molecular weight is 269 g/mol. The molecule has 1 amide bonds. The molecule has 0 aliphatic rings. The molecule has 2 rings (SSSR count). The predicted octanol–water partition coefficient (Wildman–Crippen LogP) is 4.01. The first kappa shape index (κ1) is 14.1. The lowest BCUT2D eigenvalue weighted by Gasteiger charge is -2.14. The number of nitrogens with one attached hydrogen (secondary N) is 1. The lowest BCUT2D eigenvalue weighted by Crippen LogP contribution is -2.32. The maximum atomic E-state index is 12.2. The molecule has 2 aromatic carbocycles. The minimum atomic E-state index is -0.106. The monoisotopic (exact) mass is 269 g/mol. The van der Waals surface area contributed by atoms with E-state index in [0.29, 0.717) is 11.3 Å². The topological polar surface area (TPSA) is 38.3 Å². The molecule has 3 nitrogen and oxygen atoms in total. The van der Waals surface area contributed by atoms with Crippen LogP contribution in [0, 0.1) is 0 Å². The van der Waals surface area contributed by atoms with E-state index in [2.05, 4.69) is 5.32 Å². The highest BCUT2D eigenvalue weighted by molar-refractivity contribution is 5.97. The zero-order chi connectivity index (χ0) is 14.4. The molecule has 1 unspecified atom stereocenters. The molecule has 1 atom stereocenters. The van der Waals surface area contributed by atoms with Crippen LogP contribution in [0.2, 0.25) is 0 Å². The summed E-state index contributed by atoms with van der Waals surface area (Å²) < 4.78 is 5.79. The smallest absolute Gasteiger partial charge is 0.255 e. The van der Waals surface area contributed by atoms with Gasteiger partial charge in [-0.05, 0) is 37.6 Å². The summed E-state index contributed by atoms with van der Waals surface area (Å²) in [7, 11) is 0. The van der Waals surface area contributed by atoms with E-state index >= 15 is 0 Å². The van der Waals surface area contributed by atoms with Crippen molar-refractivity contribution in [2.45, 2.75) is 26.3 Å². The van der Waals surface area contributed by atoms with E-state index in [0.717, 1.165) is 12.2 Å². The number of carbonyl (C=O) groups excluding carboxylic acids is 1. The fourth-order valence-corrected chi connectivity index (χ4v) is 1.76. The van der Waals surface area contributed by atoms with Gasteiger partial charge in [0.25, 0.3) is 5.91 Å². The number of hydrogen-bond donors (Lipinski definition) is 1. The standard InChI is InChI=1S/C17H19NO2/c1-3-13(2)18-17(19)15-11-7-8-12-16(15)20-14-9-5-4-6-10-14/h4-13H,3H2,1-2H3,(H,18,19). The molecule has 20 heavy (non-hydrogen) atoms. The Morgan fingerprint density at radius 1 is 1.10 bits per heavy atom. The first-order valence-electron chi connectivity index (χ1n) is 6.83. The van der Waals surface area contributed by atoms with Crippen molar-refractivity contribution in [3.63, 3.8) is 0 Å². The normalized spacial score (nSPS) is 11.7. The summed E-state index contributed by atoms with van der Waals surface area (Å²) in [4.78, 5) is 12.2. The summed E-state index contributed by atoms with van der Waals surface area (Å²) in [5.41, 5.74) is 0.552. The number of hydrogen-bond acceptors (Lipinski definition) is 2.